The Hall–Kier alpha value is -4.25. The maximum absolute atomic E-state index is 11.4. The summed E-state index contributed by atoms with van der Waals surface area (Å²) in [6, 6.07) is 21.2. The quantitative estimate of drug-likeness (QED) is 0.157. The van der Waals surface area contributed by atoms with E-state index in [0.717, 1.165) is 16.8 Å². The van der Waals surface area contributed by atoms with E-state index in [1.165, 1.54) is 23.9 Å². The molecule has 1 heterocycles. The fraction of sp³-hybridized carbons (Fsp3) is 0.200. The molecule has 0 aliphatic rings. The molecule has 0 N–H and O–H groups in total. The average molecular weight is 506 g/mol. The summed E-state index contributed by atoms with van der Waals surface area (Å²) in [5.74, 6) is 1.24. The Balaban J connectivity index is 1.51. The first-order chi connectivity index (χ1) is 17.3. The summed E-state index contributed by atoms with van der Waals surface area (Å²) in [6.07, 6.45) is 0. The molecule has 0 spiro atoms. The number of rotatable bonds is 10. The minimum absolute atomic E-state index is 0.000168. The molecule has 3 aromatic carbocycles. The van der Waals surface area contributed by atoms with Gasteiger partial charge in [0.15, 0.2) is 5.16 Å². The second kappa shape index (κ2) is 11.0. The predicted molar refractivity (Wildman–Crippen MR) is 135 cm³/mol. The standard InChI is InChI=1S/C25H23N5O5S/c1-17-6-10-21(11-7-17)29-18(2)26-27-25(29)36-24(15-28(31)32)20-8-12-23(13-9-20)35-16-19-4-3-5-22(14-19)30(33)34/h3-14,24H,15-16H2,1-2H3/t24-/m0/s1. The summed E-state index contributed by atoms with van der Waals surface area (Å²) in [4.78, 5) is 21.6. The number of benzene rings is 3. The van der Waals surface area contributed by atoms with Gasteiger partial charge < -0.3 is 4.74 Å². The number of nitrogens with zero attached hydrogens (tertiary/aromatic N) is 5. The van der Waals surface area contributed by atoms with Crippen molar-refractivity contribution in [2.75, 3.05) is 6.54 Å². The lowest BCUT2D eigenvalue weighted by molar-refractivity contribution is -0.479. The van der Waals surface area contributed by atoms with Crippen LogP contribution in [0.25, 0.3) is 5.69 Å². The van der Waals surface area contributed by atoms with Crippen LogP contribution >= 0.6 is 11.8 Å². The summed E-state index contributed by atoms with van der Waals surface area (Å²) in [6.45, 7) is 3.71. The van der Waals surface area contributed by atoms with Crippen molar-refractivity contribution in [3.8, 4) is 11.4 Å². The van der Waals surface area contributed by atoms with Gasteiger partial charge in [0.05, 0.1) is 4.92 Å². The highest BCUT2D eigenvalue weighted by atomic mass is 32.2. The van der Waals surface area contributed by atoms with Gasteiger partial charge in [-0.15, -0.1) is 10.2 Å². The van der Waals surface area contributed by atoms with Gasteiger partial charge in [-0.3, -0.25) is 24.8 Å². The molecule has 0 aliphatic carbocycles. The molecule has 0 fully saturated rings. The van der Waals surface area contributed by atoms with Crippen molar-refractivity contribution in [1.29, 1.82) is 0 Å². The third kappa shape index (κ3) is 6.05. The second-order valence-electron chi connectivity index (χ2n) is 8.11. The van der Waals surface area contributed by atoms with Crippen molar-refractivity contribution in [3.05, 3.63) is 116 Å². The molecule has 0 aliphatic heterocycles. The first-order valence-corrected chi connectivity index (χ1v) is 11.9. The molecule has 10 nitrogen and oxygen atoms in total. The van der Waals surface area contributed by atoms with E-state index in [0.29, 0.717) is 22.3 Å². The Labute approximate surface area is 211 Å². The summed E-state index contributed by atoms with van der Waals surface area (Å²) < 4.78 is 7.64. The fourth-order valence-electron chi connectivity index (χ4n) is 3.59. The normalized spacial score (nSPS) is 11.7. The van der Waals surface area contributed by atoms with Gasteiger partial charge in [0.25, 0.3) is 5.69 Å². The number of nitro benzene ring substituents is 1. The van der Waals surface area contributed by atoms with E-state index in [1.54, 1.807) is 36.4 Å². The van der Waals surface area contributed by atoms with Gasteiger partial charge >= 0.3 is 0 Å². The fourth-order valence-corrected chi connectivity index (χ4v) is 4.76. The zero-order valence-corrected chi connectivity index (χ0v) is 20.4. The summed E-state index contributed by atoms with van der Waals surface area (Å²) >= 11 is 1.28. The van der Waals surface area contributed by atoms with Crippen molar-refractivity contribution >= 4 is 17.4 Å². The van der Waals surface area contributed by atoms with Gasteiger partial charge in [-0.25, -0.2) is 0 Å². The van der Waals surface area contributed by atoms with Crippen molar-refractivity contribution < 1.29 is 14.6 Å². The van der Waals surface area contributed by atoms with Crippen molar-refractivity contribution in [1.82, 2.24) is 14.8 Å². The molecule has 0 bridgehead atoms. The number of nitro groups is 2. The maximum atomic E-state index is 11.4. The largest absolute Gasteiger partial charge is 0.489 e. The third-order valence-corrected chi connectivity index (χ3v) is 6.61. The van der Waals surface area contributed by atoms with Gasteiger partial charge in [0, 0.05) is 22.7 Å². The average Bonchev–Trinajstić information content (AvgIpc) is 3.23. The Morgan fingerprint density at radius 1 is 0.972 bits per heavy atom. The molecule has 184 valence electrons. The molecule has 0 saturated carbocycles. The van der Waals surface area contributed by atoms with Crippen LogP contribution in [-0.2, 0) is 6.61 Å². The van der Waals surface area contributed by atoms with Gasteiger partial charge in [0.1, 0.15) is 23.4 Å². The topological polar surface area (TPSA) is 126 Å². The van der Waals surface area contributed by atoms with E-state index in [9.17, 15) is 20.2 Å². The molecule has 1 atom stereocenters. The minimum atomic E-state index is -0.501. The first-order valence-electron chi connectivity index (χ1n) is 11.0. The van der Waals surface area contributed by atoms with Gasteiger partial charge in [0.2, 0.25) is 6.54 Å². The van der Waals surface area contributed by atoms with Crippen LogP contribution in [0.1, 0.15) is 27.8 Å². The molecule has 0 amide bonds. The molecule has 4 aromatic rings. The lowest BCUT2D eigenvalue weighted by atomic mass is 10.1. The van der Waals surface area contributed by atoms with E-state index >= 15 is 0 Å². The zero-order chi connectivity index (χ0) is 25.7. The van der Waals surface area contributed by atoms with Crippen LogP contribution in [0.3, 0.4) is 0 Å². The van der Waals surface area contributed by atoms with Crippen LogP contribution in [0.5, 0.6) is 5.75 Å². The molecular formula is C25H23N5O5S. The number of aryl methyl sites for hydroxylation is 2. The SMILES string of the molecule is Cc1ccc(-n2c(C)nnc2S[C@@H](C[N+](=O)[O-])c2ccc(OCc3cccc([N+](=O)[O-])c3)cc2)cc1. The van der Waals surface area contributed by atoms with Crippen LogP contribution in [0.15, 0.2) is 78.0 Å². The monoisotopic (exact) mass is 505 g/mol. The van der Waals surface area contributed by atoms with E-state index < -0.39 is 10.2 Å². The van der Waals surface area contributed by atoms with Crippen molar-refractivity contribution in [3.63, 3.8) is 0 Å². The number of aromatic nitrogens is 3. The number of hydrogen-bond acceptors (Lipinski definition) is 8. The third-order valence-electron chi connectivity index (χ3n) is 5.43. The van der Waals surface area contributed by atoms with Crippen LogP contribution in [0, 0.1) is 34.1 Å². The first kappa shape index (κ1) is 24.9. The molecule has 0 unspecified atom stereocenters. The van der Waals surface area contributed by atoms with Crippen molar-refractivity contribution in [2.45, 2.75) is 30.9 Å². The second-order valence-corrected chi connectivity index (χ2v) is 9.28. The van der Waals surface area contributed by atoms with Gasteiger partial charge in [-0.2, -0.15) is 0 Å². The van der Waals surface area contributed by atoms with Gasteiger partial charge in [-0.1, -0.05) is 53.7 Å². The van der Waals surface area contributed by atoms with Crippen LogP contribution in [-0.4, -0.2) is 31.2 Å². The Morgan fingerprint density at radius 3 is 2.36 bits per heavy atom. The molecule has 36 heavy (non-hydrogen) atoms. The minimum Gasteiger partial charge on any atom is -0.489 e. The van der Waals surface area contributed by atoms with Crippen LogP contribution in [0.4, 0.5) is 5.69 Å². The smallest absolute Gasteiger partial charge is 0.269 e. The molecule has 0 radical (unpaired) electrons. The number of ether oxygens (including phenoxy) is 1. The highest BCUT2D eigenvalue weighted by Gasteiger charge is 2.24. The highest BCUT2D eigenvalue weighted by molar-refractivity contribution is 7.99. The summed E-state index contributed by atoms with van der Waals surface area (Å²) in [5, 5.41) is 30.9. The molecule has 11 heteroatoms. The lowest BCUT2D eigenvalue weighted by Gasteiger charge is -2.15. The lowest BCUT2D eigenvalue weighted by Crippen LogP contribution is -2.11. The number of hydrogen-bond donors (Lipinski definition) is 0. The van der Waals surface area contributed by atoms with E-state index in [-0.39, 0.29) is 23.8 Å². The van der Waals surface area contributed by atoms with Crippen LogP contribution < -0.4 is 4.74 Å². The molecule has 0 saturated heterocycles. The molecule has 1 aromatic heterocycles. The number of thioether (sulfide) groups is 1. The van der Waals surface area contributed by atoms with E-state index in [4.69, 9.17) is 4.74 Å². The Bertz CT molecular complexity index is 1370. The number of non-ortho nitro benzene ring substituents is 1. The zero-order valence-electron chi connectivity index (χ0n) is 19.6. The van der Waals surface area contributed by atoms with Crippen molar-refractivity contribution in [2.24, 2.45) is 0 Å². The molecule has 4 rings (SSSR count). The predicted octanol–water partition coefficient (Wildman–Crippen LogP) is 5.48. The molecular weight excluding hydrogens is 482 g/mol. The van der Waals surface area contributed by atoms with E-state index in [1.807, 2.05) is 42.7 Å². The van der Waals surface area contributed by atoms with E-state index in [2.05, 4.69) is 10.2 Å². The highest BCUT2D eigenvalue weighted by Crippen LogP contribution is 2.36. The van der Waals surface area contributed by atoms with Gasteiger partial charge in [-0.05, 0) is 49.2 Å². The summed E-state index contributed by atoms with van der Waals surface area (Å²) in [5.41, 5.74) is 3.42. The summed E-state index contributed by atoms with van der Waals surface area (Å²) in [7, 11) is 0. The Morgan fingerprint density at radius 2 is 1.69 bits per heavy atom. The van der Waals surface area contributed by atoms with Crippen LogP contribution in [0.2, 0.25) is 0 Å². The Kier molecular flexibility index (Phi) is 7.59. The maximum Gasteiger partial charge on any atom is 0.269 e.